The van der Waals surface area contributed by atoms with Crippen molar-refractivity contribution in [3.8, 4) is 0 Å². The first-order valence-corrected chi connectivity index (χ1v) is 10.9. The molecule has 0 aliphatic carbocycles. The molecule has 1 saturated heterocycles. The Hall–Kier alpha value is -1.29. The molecule has 3 heterocycles. The van der Waals surface area contributed by atoms with Gasteiger partial charge in [-0.05, 0) is 36.8 Å². The number of aromatic nitrogens is 2. The van der Waals surface area contributed by atoms with E-state index < -0.39 is 10.0 Å². The number of likely N-dealkylation sites (tertiary alicyclic amines) is 1. The number of sulfonamides is 1. The third-order valence-electron chi connectivity index (χ3n) is 4.27. The van der Waals surface area contributed by atoms with E-state index in [1.54, 1.807) is 17.5 Å². The number of rotatable bonds is 7. The fourth-order valence-corrected chi connectivity index (χ4v) is 5.10. The molecule has 25 heavy (non-hydrogen) atoms. The number of nitrogens with one attached hydrogen (secondary N) is 1. The molecule has 2 aromatic rings. The first kappa shape index (κ1) is 18.5. The summed E-state index contributed by atoms with van der Waals surface area (Å²) >= 11 is 1.24. The van der Waals surface area contributed by atoms with Crippen molar-refractivity contribution in [2.75, 3.05) is 19.6 Å². The number of piperidine rings is 1. The van der Waals surface area contributed by atoms with Crippen molar-refractivity contribution in [2.24, 2.45) is 5.92 Å². The van der Waals surface area contributed by atoms with Gasteiger partial charge < -0.3 is 4.52 Å². The molecule has 0 spiro atoms. The molecule has 2 aromatic heterocycles. The first-order valence-electron chi connectivity index (χ1n) is 8.52. The van der Waals surface area contributed by atoms with Crippen molar-refractivity contribution in [3.63, 3.8) is 0 Å². The van der Waals surface area contributed by atoms with E-state index >= 15 is 0 Å². The third-order valence-corrected chi connectivity index (χ3v) is 7.09. The second kappa shape index (κ2) is 7.94. The lowest BCUT2D eigenvalue weighted by atomic mass is 9.98. The maximum Gasteiger partial charge on any atom is 0.250 e. The van der Waals surface area contributed by atoms with Crippen LogP contribution in [0.2, 0.25) is 0 Å². The molecule has 0 amide bonds. The summed E-state index contributed by atoms with van der Waals surface area (Å²) in [6.07, 6.45) is 2.06. The van der Waals surface area contributed by atoms with Crippen molar-refractivity contribution < 1.29 is 12.9 Å². The summed E-state index contributed by atoms with van der Waals surface area (Å²) in [5.74, 6) is 1.87. The highest BCUT2D eigenvalue weighted by molar-refractivity contribution is 7.91. The predicted octanol–water partition coefficient (Wildman–Crippen LogP) is 2.45. The molecule has 1 atom stereocenters. The zero-order valence-electron chi connectivity index (χ0n) is 14.5. The molecule has 0 saturated carbocycles. The van der Waals surface area contributed by atoms with Crippen LogP contribution in [0.15, 0.2) is 26.2 Å². The van der Waals surface area contributed by atoms with Crippen LogP contribution in [-0.4, -0.2) is 43.1 Å². The van der Waals surface area contributed by atoms with Gasteiger partial charge in [-0.2, -0.15) is 4.98 Å². The normalized spacial score (nSPS) is 19.6. The molecule has 138 valence electrons. The van der Waals surface area contributed by atoms with E-state index in [2.05, 4.69) is 19.8 Å². The zero-order chi connectivity index (χ0) is 17.9. The Bertz CT molecular complexity index is 771. The molecule has 1 aliphatic heterocycles. The Morgan fingerprint density at radius 2 is 2.32 bits per heavy atom. The van der Waals surface area contributed by atoms with Gasteiger partial charge in [0.15, 0.2) is 5.82 Å². The van der Waals surface area contributed by atoms with Gasteiger partial charge in [0, 0.05) is 19.0 Å². The van der Waals surface area contributed by atoms with Gasteiger partial charge in [0.1, 0.15) is 4.21 Å². The minimum atomic E-state index is -3.39. The van der Waals surface area contributed by atoms with E-state index in [-0.39, 0.29) is 5.92 Å². The SMILES string of the molecule is CC(C)c1nc(CN2CCC[C@H](CNS(=O)(=O)c3cccs3)C2)no1. The van der Waals surface area contributed by atoms with E-state index in [0.29, 0.717) is 34.9 Å². The van der Waals surface area contributed by atoms with Crippen molar-refractivity contribution in [1.82, 2.24) is 19.8 Å². The smallest absolute Gasteiger partial charge is 0.250 e. The average Bonchev–Trinajstić information content (AvgIpc) is 3.25. The van der Waals surface area contributed by atoms with Crippen LogP contribution in [0.25, 0.3) is 0 Å². The first-order chi connectivity index (χ1) is 11.9. The van der Waals surface area contributed by atoms with Crippen LogP contribution in [0, 0.1) is 5.92 Å². The number of hydrogen-bond acceptors (Lipinski definition) is 7. The van der Waals surface area contributed by atoms with E-state index in [9.17, 15) is 8.42 Å². The fourth-order valence-electron chi connectivity index (χ4n) is 2.94. The lowest BCUT2D eigenvalue weighted by Crippen LogP contribution is -2.40. The number of nitrogens with zero attached hydrogens (tertiary/aromatic N) is 3. The highest BCUT2D eigenvalue weighted by Gasteiger charge is 2.24. The highest BCUT2D eigenvalue weighted by Crippen LogP contribution is 2.20. The molecule has 0 bridgehead atoms. The molecule has 0 radical (unpaired) electrons. The Kier molecular flexibility index (Phi) is 5.88. The molecular weight excluding hydrogens is 360 g/mol. The van der Waals surface area contributed by atoms with Crippen LogP contribution in [0.4, 0.5) is 0 Å². The molecule has 1 N–H and O–H groups in total. The maximum absolute atomic E-state index is 12.2. The second-order valence-electron chi connectivity index (χ2n) is 6.73. The Morgan fingerprint density at radius 3 is 3.00 bits per heavy atom. The van der Waals surface area contributed by atoms with Gasteiger partial charge in [-0.3, -0.25) is 4.90 Å². The lowest BCUT2D eigenvalue weighted by molar-refractivity contribution is 0.163. The summed E-state index contributed by atoms with van der Waals surface area (Å²) in [6, 6.07) is 3.38. The average molecular weight is 385 g/mol. The molecule has 0 unspecified atom stereocenters. The van der Waals surface area contributed by atoms with Gasteiger partial charge in [-0.1, -0.05) is 25.1 Å². The van der Waals surface area contributed by atoms with E-state index in [4.69, 9.17) is 4.52 Å². The molecule has 9 heteroatoms. The van der Waals surface area contributed by atoms with Crippen molar-refractivity contribution in [2.45, 2.75) is 43.4 Å². The van der Waals surface area contributed by atoms with Crippen LogP contribution >= 0.6 is 11.3 Å². The van der Waals surface area contributed by atoms with Gasteiger partial charge in [0.25, 0.3) is 0 Å². The Labute approximate surface area is 152 Å². The molecule has 1 fully saturated rings. The van der Waals surface area contributed by atoms with Crippen LogP contribution in [-0.2, 0) is 16.6 Å². The Morgan fingerprint density at radius 1 is 1.48 bits per heavy atom. The molecular formula is C16H24N4O3S2. The quantitative estimate of drug-likeness (QED) is 0.789. The minimum Gasteiger partial charge on any atom is -0.339 e. The largest absolute Gasteiger partial charge is 0.339 e. The third kappa shape index (κ3) is 4.87. The minimum absolute atomic E-state index is 0.224. The van der Waals surface area contributed by atoms with E-state index in [0.717, 1.165) is 25.9 Å². The summed E-state index contributed by atoms with van der Waals surface area (Å²) in [5.41, 5.74) is 0. The summed E-state index contributed by atoms with van der Waals surface area (Å²) in [7, 11) is -3.39. The topological polar surface area (TPSA) is 88.3 Å². The van der Waals surface area contributed by atoms with Crippen LogP contribution in [0.5, 0.6) is 0 Å². The van der Waals surface area contributed by atoms with Gasteiger partial charge in [0.2, 0.25) is 15.9 Å². The maximum atomic E-state index is 12.2. The number of thiophene rings is 1. The van der Waals surface area contributed by atoms with Crippen molar-refractivity contribution >= 4 is 21.4 Å². The van der Waals surface area contributed by atoms with Gasteiger partial charge in [0.05, 0.1) is 6.54 Å². The van der Waals surface area contributed by atoms with E-state index in [1.807, 2.05) is 13.8 Å². The van der Waals surface area contributed by atoms with E-state index in [1.165, 1.54) is 11.3 Å². The highest BCUT2D eigenvalue weighted by atomic mass is 32.2. The summed E-state index contributed by atoms with van der Waals surface area (Å²) in [6.45, 7) is 6.95. The van der Waals surface area contributed by atoms with Crippen LogP contribution in [0.1, 0.15) is 44.3 Å². The monoisotopic (exact) mass is 384 g/mol. The molecule has 0 aromatic carbocycles. The molecule has 1 aliphatic rings. The standard InChI is InChI=1S/C16H24N4O3S2/c1-12(2)16-18-14(19-23-16)11-20-7-3-5-13(10-20)9-17-25(21,22)15-6-4-8-24-15/h4,6,8,12-13,17H,3,5,7,9-11H2,1-2H3/t13-/m1/s1. The summed E-state index contributed by atoms with van der Waals surface area (Å²) < 4.78 is 32.8. The lowest BCUT2D eigenvalue weighted by Gasteiger charge is -2.31. The Balaban J connectivity index is 1.52. The van der Waals surface area contributed by atoms with Gasteiger partial charge in [-0.15, -0.1) is 11.3 Å². The van der Waals surface area contributed by atoms with Crippen molar-refractivity contribution in [3.05, 3.63) is 29.2 Å². The second-order valence-corrected chi connectivity index (χ2v) is 9.67. The van der Waals surface area contributed by atoms with Crippen LogP contribution in [0.3, 0.4) is 0 Å². The summed E-state index contributed by atoms with van der Waals surface area (Å²) in [4.78, 5) is 6.68. The van der Waals surface area contributed by atoms with Crippen molar-refractivity contribution in [1.29, 1.82) is 0 Å². The molecule has 3 rings (SSSR count). The fraction of sp³-hybridized carbons (Fsp3) is 0.625. The van der Waals surface area contributed by atoms with Crippen LogP contribution < -0.4 is 4.72 Å². The predicted molar refractivity (Wildman–Crippen MR) is 95.9 cm³/mol. The summed E-state index contributed by atoms with van der Waals surface area (Å²) in [5, 5.41) is 5.81. The van der Waals surface area contributed by atoms with Gasteiger partial charge in [-0.25, -0.2) is 13.1 Å². The zero-order valence-corrected chi connectivity index (χ0v) is 16.1. The van der Waals surface area contributed by atoms with Gasteiger partial charge >= 0.3 is 0 Å². The molecule has 7 nitrogen and oxygen atoms in total. The number of hydrogen-bond donors (Lipinski definition) is 1.